The van der Waals surface area contributed by atoms with Gasteiger partial charge in [0.2, 0.25) is 5.24 Å². The van der Waals surface area contributed by atoms with Crippen molar-refractivity contribution in [1.82, 2.24) is 4.98 Å². The van der Waals surface area contributed by atoms with E-state index in [1.165, 1.54) is 11.3 Å². The Kier molecular flexibility index (Phi) is 4.60. The molecule has 0 N–H and O–H groups in total. The first-order chi connectivity index (χ1) is 4.29. The molecule has 0 radical (unpaired) electrons. The van der Waals surface area contributed by atoms with Crippen molar-refractivity contribution in [3.63, 3.8) is 0 Å². The molecule has 0 fully saturated rings. The second-order valence-corrected chi connectivity index (χ2v) is 2.86. The van der Waals surface area contributed by atoms with Crippen molar-refractivity contribution >= 4 is 40.6 Å². The highest BCUT2D eigenvalue weighted by Gasteiger charge is 1.99. The zero-order chi connectivity index (χ0) is 6.69. The highest BCUT2D eigenvalue weighted by molar-refractivity contribution is 7.09. The topological polar surface area (TPSA) is 30.0 Å². The molecule has 1 aromatic heterocycles. The first-order valence-corrected chi connectivity index (χ1v) is 3.61. The van der Waals surface area contributed by atoms with Gasteiger partial charge in [-0.05, 0) is 11.6 Å². The maximum Gasteiger partial charge on any atom is 0.228 e. The van der Waals surface area contributed by atoms with Gasteiger partial charge in [0, 0.05) is 11.6 Å². The minimum Gasteiger partial charge on any atom is -0.281 e. The molecule has 5 heteroatoms. The van der Waals surface area contributed by atoms with E-state index >= 15 is 0 Å². The van der Waals surface area contributed by atoms with Crippen molar-refractivity contribution in [2.45, 2.75) is 6.42 Å². The number of aromatic nitrogens is 1. The van der Waals surface area contributed by atoms with E-state index in [0.717, 1.165) is 5.01 Å². The fourth-order valence-electron chi connectivity index (χ4n) is 0.459. The van der Waals surface area contributed by atoms with Gasteiger partial charge in [-0.25, -0.2) is 4.98 Å². The Hall–Kier alpha value is -0.120. The molecular weight excluding hydrogens is 193 g/mol. The van der Waals surface area contributed by atoms with Gasteiger partial charge in [-0.2, -0.15) is 0 Å². The molecule has 1 rings (SSSR count). The third kappa shape index (κ3) is 3.15. The van der Waals surface area contributed by atoms with Crippen LogP contribution in [0.5, 0.6) is 0 Å². The quantitative estimate of drug-likeness (QED) is 0.679. The SMILES string of the molecule is Cl.O=C(Cl)Cc1nccs1. The number of halogens is 2. The zero-order valence-electron chi connectivity index (χ0n) is 4.91. The molecule has 0 unspecified atom stereocenters. The van der Waals surface area contributed by atoms with Crippen molar-refractivity contribution in [3.8, 4) is 0 Å². The lowest BCUT2D eigenvalue weighted by Crippen LogP contribution is -1.90. The van der Waals surface area contributed by atoms with E-state index < -0.39 is 0 Å². The minimum absolute atomic E-state index is 0. The molecule has 0 aliphatic carbocycles. The summed E-state index contributed by atoms with van der Waals surface area (Å²) in [6.07, 6.45) is 1.90. The van der Waals surface area contributed by atoms with Gasteiger partial charge in [-0.1, -0.05) is 0 Å². The molecule has 1 aromatic rings. The molecule has 0 saturated carbocycles. The number of carbonyl (C=O) groups is 1. The van der Waals surface area contributed by atoms with Crippen LogP contribution in [-0.2, 0) is 11.2 Å². The van der Waals surface area contributed by atoms with Crippen LogP contribution in [0.1, 0.15) is 5.01 Å². The second-order valence-electron chi connectivity index (χ2n) is 1.46. The van der Waals surface area contributed by atoms with Gasteiger partial charge in [0.05, 0.1) is 6.42 Å². The summed E-state index contributed by atoms with van der Waals surface area (Å²) in [5.74, 6) is 0. The Labute approximate surface area is 73.6 Å². The van der Waals surface area contributed by atoms with Gasteiger partial charge < -0.3 is 0 Å². The van der Waals surface area contributed by atoms with Crippen LogP contribution in [0.15, 0.2) is 11.6 Å². The lowest BCUT2D eigenvalue weighted by Gasteiger charge is -1.82. The molecular formula is C5H5Cl2NOS. The largest absolute Gasteiger partial charge is 0.281 e. The van der Waals surface area contributed by atoms with Crippen LogP contribution in [0.3, 0.4) is 0 Å². The van der Waals surface area contributed by atoms with Gasteiger partial charge in [-0.15, -0.1) is 23.7 Å². The van der Waals surface area contributed by atoms with Gasteiger partial charge in [0.15, 0.2) is 0 Å². The predicted octanol–water partition coefficient (Wildman–Crippen LogP) is 1.87. The molecule has 0 amide bonds. The Bertz CT molecular complexity index is 199. The summed E-state index contributed by atoms with van der Waals surface area (Å²) in [6, 6.07) is 0. The molecule has 0 aromatic carbocycles. The first-order valence-electron chi connectivity index (χ1n) is 2.36. The van der Waals surface area contributed by atoms with Crippen molar-refractivity contribution in [2.75, 3.05) is 0 Å². The lowest BCUT2D eigenvalue weighted by molar-refractivity contribution is -0.111. The molecule has 0 aliphatic rings. The maximum absolute atomic E-state index is 10.2. The smallest absolute Gasteiger partial charge is 0.228 e. The first kappa shape index (κ1) is 9.88. The Morgan fingerprint density at radius 3 is 2.90 bits per heavy atom. The third-order valence-corrected chi connectivity index (χ3v) is 1.69. The molecule has 2 nitrogen and oxygen atoms in total. The van der Waals surface area contributed by atoms with Crippen molar-refractivity contribution in [1.29, 1.82) is 0 Å². The standard InChI is InChI=1S/C5H4ClNOS.ClH/c6-4(8)3-5-7-1-2-9-5;/h1-2H,3H2;1H. The molecule has 0 atom stereocenters. The minimum atomic E-state index is -0.357. The Morgan fingerprint density at radius 2 is 2.50 bits per heavy atom. The second kappa shape index (κ2) is 4.66. The van der Waals surface area contributed by atoms with Gasteiger partial charge in [0.25, 0.3) is 0 Å². The van der Waals surface area contributed by atoms with E-state index in [4.69, 9.17) is 11.6 Å². The van der Waals surface area contributed by atoms with Crippen LogP contribution in [0, 0.1) is 0 Å². The number of hydrogen-bond acceptors (Lipinski definition) is 3. The van der Waals surface area contributed by atoms with E-state index in [9.17, 15) is 4.79 Å². The monoisotopic (exact) mass is 197 g/mol. The van der Waals surface area contributed by atoms with Gasteiger partial charge >= 0.3 is 0 Å². The van der Waals surface area contributed by atoms with Gasteiger partial charge in [0.1, 0.15) is 5.01 Å². The van der Waals surface area contributed by atoms with Crippen LogP contribution in [0.4, 0.5) is 0 Å². The maximum atomic E-state index is 10.2. The number of nitrogens with zero attached hydrogens (tertiary/aromatic N) is 1. The van der Waals surface area contributed by atoms with Crippen molar-refractivity contribution in [3.05, 3.63) is 16.6 Å². The van der Waals surface area contributed by atoms with Crippen molar-refractivity contribution in [2.24, 2.45) is 0 Å². The van der Waals surface area contributed by atoms with E-state index in [0.29, 0.717) is 0 Å². The number of hydrogen-bond donors (Lipinski definition) is 0. The van der Waals surface area contributed by atoms with Gasteiger partial charge in [-0.3, -0.25) is 4.79 Å². The summed E-state index contributed by atoms with van der Waals surface area (Å²) < 4.78 is 0. The molecule has 0 saturated heterocycles. The predicted molar refractivity (Wildman–Crippen MR) is 43.9 cm³/mol. The van der Waals surface area contributed by atoms with Crippen LogP contribution in [0.25, 0.3) is 0 Å². The van der Waals surface area contributed by atoms with Crippen LogP contribution >= 0.6 is 35.3 Å². The number of thiazole rings is 1. The summed E-state index contributed by atoms with van der Waals surface area (Å²) in [6.45, 7) is 0. The highest BCUT2D eigenvalue weighted by Crippen LogP contribution is 2.05. The summed E-state index contributed by atoms with van der Waals surface area (Å²) in [4.78, 5) is 14.1. The third-order valence-electron chi connectivity index (χ3n) is 0.774. The zero-order valence-corrected chi connectivity index (χ0v) is 7.30. The van der Waals surface area contributed by atoms with E-state index in [1.807, 2.05) is 5.38 Å². The highest BCUT2D eigenvalue weighted by atomic mass is 35.5. The van der Waals surface area contributed by atoms with E-state index in [2.05, 4.69) is 4.98 Å². The average molecular weight is 198 g/mol. The molecule has 56 valence electrons. The van der Waals surface area contributed by atoms with E-state index in [-0.39, 0.29) is 24.1 Å². The lowest BCUT2D eigenvalue weighted by atomic mass is 10.5. The Balaban J connectivity index is 0.000000810. The van der Waals surface area contributed by atoms with Crippen LogP contribution in [-0.4, -0.2) is 10.2 Å². The van der Waals surface area contributed by atoms with E-state index in [1.54, 1.807) is 6.20 Å². The fraction of sp³-hybridized carbons (Fsp3) is 0.200. The molecule has 1 heterocycles. The molecule has 0 spiro atoms. The molecule has 10 heavy (non-hydrogen) atoms. The fourth-order valence-corrected chi connectivity index (χ4v) is 1.28. The summed E-state index contributed by atoms with van der Waals surface area (Å²) in [7, 11) is 0. The Morgan fingerprint density at radius 1 is 1.80 bits per heavy atom. The number of rotatable bonds is 2. The summed E-state index contributed by atoms with van der Waals surface area (Å²) in [5, 5.41) is 2.23. The summed E-state index contributed by atoms with van der Waals surface area (Å²) >= 11 is 6.53. The normalized spacial score (nSPS) is 8.50. The van der Waals surface area contributed by atoms with Crippen LogP contribution in [0.2, 0.25) is 0 Å². The molecule has 0 bridgehead atoms. The number of carbonyl (C=O) groups excluding carboxylic acids is 1. The average Bonchev–Trinajstić information content (AvgIpc) is 2.15. The molecule has 0 aliphatic heterocycles. The summed E-state index contributed by atoms with van der Waals surface area (Å²) in [5.41, 5.74) is 0. The van der Waals surface area contributed by atoms with Crippen LogP contribution < -0.4 is 0 Å². The van der Waals surface area contributed by atoms with Crippen molar-refractivity contribution < 1.29 is 4.79 Å².